The van der Waals surface area contributed by atoms with E-state index in [0.717, 1.165) is 6.07 Å². The highest BCUT2D eigenvalue weighted by Crippen LogP contribution is 2.18. The molecule has 4 nitrogen and oxygen atoms in total. The third kappa shape index (κ3) is 2.75. The lowest BCUT2D eigenvalue weighted by molar-refractivity contribution is 0.0951. The Morgan fingerprint density at radius 2 is 1.95 bits per heavy atom. The number of halogens is 2. The molecule has 0 radical (unpaired) electrons. The number of nitrogens with one attached hydrogen (secondary N) is 3. The molecule has 0 aliphatic carbocycles. The van der Waals surface area contributed by atoms with Gasteiger partial charge in [-0.05, 0) is 30.4 Å². The molecule has 0 spiro atoms. The van der Waals surface area contributed by atoms with Crippen LogP contribution < -0.4 is 5.32 Å². The Balaban J connectivity index is 1.89. The van der Waals surface area contributed by atoms with Gasteiger partial charge in [0, 0.05) is 12.1 Å². The quantitative estimate of drug-likeness (QED) is 0.648. The summed E-state index contributed by atoms with van der Waals surface area (Å²) in [4.78, 5) is 17.8. The van der Waals surface area contributed by atoms with Gasteiger partial charge in [-0.1, -0.05) is 18.2 Å². The van der Waals surface area contributed by atoms with Crippen LogP contribution in [0.15, 0.2) is 36.4 Å². The number of aromatic nitrogens is 2. The molecular weight excluding hydrogens is 308 g/mol. The van der Waals surface area contributed by atoms with Crippen LogP contribution in [0.5, 0.6) is 0 Å². The molecule has 3 aromatic rings. The second-order valence-corrected chi connectivity index (χ2v) is 5.14. The normalized spacial score (nSPS) is 10.8. The fourth-order valence-electron chi connectivity index (χ4n) is 2.20. The van der Waals surface area contributed by atoms with Gasteiger partial charge in [-0.3, -0.25) is 4.79 Å². The van der Waals surface area contributed by atoms with Crippen molar-refractivity contribution in [2.24, 2.45) is 0 Å². The first-order chi connectivity index (χ1) is 10.5. The molecule has 22 heavy (non-hydrogen) atoms. The monoisotopic (exact) mass is 319 g/mol. The lowest BCUT2D eigenvalue weighted by Gasteiger charge is -2.07. The van der Waals surface area contributed by atoms with Crippen LogP contribution in [0.4, 0.5) is 8.78 Å². The summed E-state index contributed by atoms with van der Waals surface area (Å²) in [6, 6.07) is 8.48. The Labute approximate surface area is 129 Å². The van der Waals surface area contributed by atoms with Gasteiger partial charge < -0.3 is 15.3 Å². The first-order valence-electron chi connectivity index (χ1n) is 6.48. The standard InChI is InChI=1S/C15H11F2N3OS/c16-9-5-10(13-12(6-9)19-15(22)20-13)14(21)18-7-8-3-1-2-4-11(8)17/h1-6H,7H2,(H,18,21)(H2,19,20,22). The highest BCUT2D eigenvalue weighted by molar-refractivity contribution is 7.71. The topological polar surface area (TPSA) is 60.7 Å². The minimum absolute atomic E-state index is 0.00860. The summed E-state index contributed by atoms with van der Waals surface area (Å²) in [7, 11) is 0. The number of aromatic amines is 2. The average Bonchev–Trinajstić information content (AvgIpc) is 2.85. The highest BCUT2D eigenvalue weighted by Gasteiger charge is 2.14. The van der Waals surface area contributed by atoms with Crippen LogP contribution in [-0.2, 0) is 6.54 Å². The molecule has 0 bridgehead atoms. The largest absolute Gasteiger partial charge is 0.348 e. The number of hydrogen-bond acceptors (Lipinski definition) is 2. The van der Waals surface area contributed by atoms with E-state index < -0.39 is 17.5 Å². The van der Waals surface area contributed by atoms with E-state index in [0.29, 0.717) is 21.4 Å². The first kappa shape index (κ1) is 14.4. The molecule has 0 atom stereocenters. The SMILES string of the molecule is O=C(NCc1ccccc1F)c1cc(F)cc2[nH]c(=S)[nH]c12. The molecule has 0 fully saturated rings. The van der Waals surface area contributed by atoms with Crippen LogP contribution in [0.25, 0.3) is 11.0 Å². The lowest BCUT2D eigenvalue weighted by atomic mass is 10.1. The summed E-state index contributed by atoms with van der Waals surface area (Å²) in [6.07, 6.45) is 0. The molecule has 3 rings (SSSR count). The minimum atomic E-state index is -0.561. The Morgan fingerprint density at radius 1 is 1.18 bits per heavy atom. The number of imidazole rings is 1. The van der Waals surface area contributed by atoms with Crippen molar-refractivity contribution < 1.29 is 13.6 Å². The van der Waals surface area contributed by atoms with Gasteiger partial charge in [-0.25, -0.2) is 8.78 Å². The van der Waals surface area contributed by atoms with E-state index >= 15 is 0 Å². The van der Waals surface area contributed by atoms with Crippen LogP contribution >= 0.6 is 12.2 Å². The van der Waals surface area contributed by atoms with E-state index in [1.807, 2.05) is 0 Å². The minimum Gasteiger partial charge on any atom is -0.348 e. The molecule has 1 heterocycles. The van der Waals surface area contributed by atoms with Crippen LogP contribution in [0.1, 0.15) is 15.9 Å². The van der Waals surface area contributed by atoms with Crippen LogP contribution in [0.3, 0.4) is 0 Å². The molecule has 0 aliphatic rings. The molecule has 0 aliphatic heterocycles. The van der Waals surface area contributed by atoms with Crippen LogP contribution in [0.2, 0.25) is 0 Å². The molecule has 3 N–H and O–H groups in total. The van der Waals surface area contributed by atoms with Crippen molar-refractivity contribution in [2.75, 3.05) is 0 Å². The van der Waals surface area contributed by atoms with Crippen molar-refractivity contribution in [3.05, 3.63) is 63.9 Å². The van der Waals surface area contributed by atoms with Gasteiger partial charge in [0.2, 0.25) is 0 Å². The molecule has 0 saturated carbocycles. The molecule has 112 valence electrons. The lowest BCUT2D eigenvalue weighted by Crippen LogP contribution is -2.23. The van der Waals surface area contributed by atoms with Gasteiger partial charge in [0.25, 0.3) is 5.91 Å². The maximum Gasteiger partial charge on any atom is 0.253 e. The van der Waals surface area contributed by atoms with Gasteiger partial charge in [-0.15, -0.1) is 0 Å². The zero-order valence-electron chi connectivity index (χ0n) is 11.2. The van der Waals surface area contributed by atoms with E-state index in [1.54, 1.807) is 18.2 Å². The fourth-order valence-corrected chi connectivity index (χ4v) is 2.41. The second kappa shape index (κ2) is 5.69. The maximum absolute atomic E-state index is 13.6. The molecular formula is C15H11F2N3OS. The van der Waals surface area contributed by atoms with Gasteiger partial charge in [0.1, 0.15) is 11.6 Å². The zero-order chi connectivity index (χ0) is 15.7. The van der Waals surface area contributed by atoms with Crippen LogP contribution in [0, 0.1) is 16.4 Å². The predicted octanol–water partition coefficient (Wildman–Crippen LogP) is 3.43. The fraction of sp³-hybridized carbons (Fsp3) is 0.0667. The third-order valence-electron chi connectivity index (χ3n) is 3.23. The van der Waals surface area contributed by atoms with Gasteiger partial charge in [-0.2, -0.15) is 0 Å². The number of rotatable bonds is 3. The Hall–Kier alpha value is -2.54. The second-order valence-electron chi connectivity index (χ2n) is 4.73. The summed E-state index contributed by atoms with van der Waals surface area (Å²) in [5, 5.41) is 2.57. The van der Waals surface area contributed by atoms with Crippen molar-refractivity contribution in [3.8, 4) is 0 Å². The summed E-state index contributed by atoms with van der Waals surface area (Å²) in [6.45, 7) is 0.00860. The van der Waals surface area contributed by atoms with E-state index in [2.05, 4.69) is 15.3 Å². The van der Waals surface area contributed by atoms with Crippen molar-refractivity contribution in [3.63, 3.8) is 0 Å². The molecule has 2 aromatic carbocycles. The highest BCUT2D eigenvalue weighted by atomic mass is 32.1. The number of benzene rings is 2. The Bertz CT molecular complexity index is 917. The molecule has 0 unspecified atom stereocenters. The maximum atomic E-state index is 13.6. The van der Waals surface area contributed by atoms with Crippen LogP contribution in [-0.4, -0.2) is 15.9 Å². The number of carbonyl (C=O) groups is 1. The Kier molecular flexibility index (Phi) is 3.72. The molecule has 1 aromatic heterocycles. The molecule has 0 saturated heterocycles. The summed E-state index contributed by atoms with van der Waals surface area (Å²) >= 11 is 4.95. The van der Waals surface area contributed by atoms with Crippen molar-refractivity contribution in [2.45, 2.75) is 6.54 Å². The van der Waals surface area contributed by atoms with Crippen molar-refractivity contribution in [1.82, 2.24) is 15.3 Å². The average molecular weight is 319 g/mol. The smallest absolute Gasteiger partial charge is 0.253 e. The van der Waals surface area contributed by atoms with Gasteiger partial charge in [0.15, 0.2) is 4.77 Å². The number of hydrogen-bond donors (Lipinski definition) is 3. The molecule has 1 amide bonds. The van der Waals surface area contributed by atoms with Gasteiger partial charge in [0.05, 0.1) is 16.6 Å². The number of amides is 1. The number of H-pyrrole nitrogens is 2. The first-order valence-corrected chi connectivity index (χ1v) is 6.88. The summed E-state index contributed by atoms with van der Waals surface area (Å²) < 4.78 is 27.4. The number of fused-ring (bicyclic) bond motifs is 1. The van der Waals surface area contributed by atoms with Gasteiger partial charge >= 0.3 is 0 Å². The van der Waals surface area contributed by atoms with E-state index in [9.17, 15) is 13.6 Å². The number of carbonyl (C=O) groups excluding carboxylic acids is 1. The zero-order valence-corrected chi connectivity index (χ0v) is 12.1. The van der Waals surface area contributed by atoms with E-state index in [1.165, 1.54) is 12.1 Å². The summed E-state index contributed by atoms with van der Waals surface area (Å²) in [5.74, 6) is -1.49. The predicted molar refractivity (Wildman–Crippen MR) is 81.0 cm³/mol. The molecule has 7 heteroatoms. The third-order valence-corrected chi connectivity index (χ3v) is 3.44. The van der Waals surface area contributed by atoms with Crippen molar-refractivity contribution >= 4 is 29.2 Å². The summed E-state index contributed by atoms with van der Waals surface area (Å²) in [5.41, 5.74) is 1.28. The van der Waals surface area contributed by atoms with Crippen molar-refractivity contribution in [1.29, 1.82) is 0 Å². The van der Waals surface area contributed by atoms with E-state index in [4.69, 9.17) is 12.2 Å². The van der Waals surface area contributed by atoms with E-state index in [-0.39, 0.29) is 12.1 Å². The Morgan fingerprint density at radius 3 is 2.73 bits per heavy atom.